The molecule has 0 aromatic carbocycles. The van der Waals surface area contributed by atoms with E-state index in [2.05, 4.69) is 4.98 Å². The number of carboxylic acid groups (broad SMARTS) is 1. The van der Waals surface area contributed by atoms with Gasteiger partial charge in [-0.3, -0.25) is 18.7 Å². The molecule has 0 amide bonds. The van der Waals surface area contributed by atoms with Crippen LogP contribution in [0.25, 0.3) is 11.2 Å². The van der Waals surface area contributed by atoms with E-state index in [1.165, 1.54) is 15.2 Å². The number of hydrogen-bond acceptors (Lipinski definition) is 3. The molecule has 0 saturated heterocycles. The highest BCUT2D eigenvalue weighted by atomic mass is 16.4. The average Bonchev–Trinajstić information content (AvgIpc) is 2.72. The minimum Gasteiger partial charge on any atom is -0.481 e. The van der Waals surface area contributed by atoms with Gasteiger partial charge < -0.3 is 10.1 Å². The number of fused-ring (bicyclic) bond motifs is 1. The Balaban J connectivity index is 2.05. The van der Waals surface area contributed by atoms with Crippen LogP contribution in [0.3, 0.4) is 0 Å². The number of imidazole rings is 1. The van der Waals surface area contributed by atoms with Gasteiger partial charge in [0.1, 0.15) is 5.65 Å². The van der Waals surface area contributed by atoms with Gasteiger partial charge in [-0.05, 0) is 24.8 Å². The van der Waals surface area contributed by atoms with E-state index in [0.29, 0.717) is 24.1 Å². The second-order valence-electron chi connectivity index (χ2n) is 6.00. The van der Waals surface area contributed by atoms with Gasteiger partial charge in [0.05, 0.1) is 11.4 Å². The molecular weight excluding hydrogens is 286 g/mol. The topological polar surface area (TPSA) is 97.1 Å². The smallest absolute Gasteiger partial charge is 0.330 e. The summed E-state index contributed by atoms with van der Waals surface area (Å²) in [7, 11) is 1.65. The highest BCUT2D eigenvalue weighted by Gasteiger charge is 2.31. The summed E-state index contributed by atoms with van der Waals surface area (Å²) in [6.45, 7) is 0.326. The number of nitrogens with one attached hydrogen (secondary N) is 1. The summed E-state index contributed by atoms with van der Waals surface area (Å²) < 4.78 is 2.98. The minimum atomic E-state index is -0.800. The molecule has 0 bridgehead atoms. The Morgan fingerprint density at radius 3 is 2.77 bits per heavy atom. The Kier molecular flexibility index (Phi) is 3.64. The summed E-state index contributed by atoms with van der Waals surface area (Å²) in [6.07, 6.45) is 3.33. The molecule has 0 spiro atoms. The zero-order chi connectivity index (χ0) is 15.9. The van der Waals surface area contributed by atoms with Crippen LogP contribution in [-0.2, 0) is 18.4 Å². The fourth-order valence-corrected chi connectivity index (χ4v) is 3.47. The Bertz CT molecular complexity index is 829. The molecule has 0 radical (unpaired) electrons. The van der Waals surface area contributed by atoms with Crippen molar-refractivity contribution in [1.82, 2.24) is 14.1 Å². The van der Waals surface area contributed by atoms with Gasteiger partial charge in [-0.1, -0.05) is 12.8 Å². The van der Waals surface area contributed by atoms with Gasteiger partial charge in [-0.25, -0.2) is 4.79 Å². The Labute approximate surface area is 126 Å². The van der Waals surface area contributed by atoms with Crippen LogP contribution in [0.2, 0.25) is 0 Å². The lowest BCUT2D eigenvalue weighted by Gasteiger charge is -2.28. The fraction of sp³-hybridized carbons (Fsp3) is 0.533. The number of aliphatic carboxylic acids is 1. The number of pyridine rings is 1. The van der Waals surface area contributed by atoms with E-state index in [9.17, 15) is 19.5 Å². The van der Waals surface area contributed by atoms with Gasteiger partial charge in [0.2, 0.25) is 5.56 Å². The van der Waals surface area contributed by atoms with Crippen LogP contribution in [-0.4, -0.2) is 25.2 Å². The maximum Gasteiger partial charge on any atom is 0.330 e. The van der Waals surface area contributed by atoms with Gasteiger partial charge in [0.25, 0.3) is 0 Å². The third-order valence-corrected chi connectivity index (χ3v) is 4.67. The van der Waals surface area contributed by atoms with Crippen molar-refractivity contribution in [2.45, 2.75) is 32.2 Å². The molecule has 1 aliphatic rings. The van der Waals surface area contributed by atoms with Crippen molar-refractivity contribution in [3.05, 3.63) is 33.0 Å². The quantitative estimate of drug-likeness (QED) is 0.881. The number of hydrogen-bond donors (Lipinski definition) is 2. The summed E-state index contributed by atoms with van der Waals surface area (Å²) in [4.78, 5) is 38.1. The molecular formula is C15H19N3O4. The first-order valence-electron chi connectivity index (χ1n) is 7.50. The van der Waals surface area contributed by atoms with E-state index in [4.69, 9.17) is 0 Å². The molecule has 0 aliphatic heterocycles. The number of nitrogens with zero attached hydrogens (tertiary/aromatic N) is 2. The van der Waals surface area contributed by atoms with Crippen LogP contribution < -0.4 is 11.2 Å². The number of carbonyl (C=O) groups is 1. The lowest BCUT2D eigenvalue weighted by Crippen LogP contribution is -2.33. The Hall–Kier alpha value is -2.31. The van der Waals surface area contributed by atoms with Crippen molar-refractivity contribution in [1.29, 1.82) is 0 Å². The van der Waals surface area contributed by atoms with Gasteiger partial charge in [0, 0.05) is 19.7 Å². The average molecular weight is 305 g/mol. The monoisotopic (exact) mass is 305 g/mol. The molecule has 1 fully saturated rings. The summed E-state index contributed by atoms with van der Waals surface area (Å²) in [6, 6.07) is 2.99. The van der Waals surface area contributed by atoms with Crippen LogP contribution in [0.15, 0.2) is 21.7 Å². The molecule has 7 heteroatoms. The van der Waals surface area contributed by atoms with Crippen LogP contribution >= 0.6 is 0 Å². The lowest BCUT2D eigenvalue weighted by molar-refractivity contribution is -0.145. The third kappa shape index (κ3) is 2.36. The number of carboxylic acids is 1. The summed E-state index contributed by atoms with van der Waals surface area (Å²) in [5.41, 5.74) is 0.610. The van der Waals surface area contributed by atoms with Crippen molar-refractivity contribution in [3.8, 4) is 0 Å². The molecule has 2 N–H and O–H groups in total. The van der Waals surface area contributed by atoms with Gasteiger partial charge in [0.15, 0.2) is 0 Å². The van der Waals surface area contributed by atoms with Gasteiger partial charge >= 0.3 is 11.7 Å². The van der Waals surface area contributed by atoms with Crippen molar-refractivity contribution in [2.24, 2.45) is 18.9 Å². The molecule has 2 unspecified atom stereocenters. The van der Waals surface area contributed by atoms with E-state index in [-0.39, 0.29) is 17.2 Å². The molecule has 1 saturated carbocycles. The molecule has 2 atom stereocenters. The molecule has 1 aliphatic carbocycles. The van der Waals surface area contributed by atoms with Gasteiger partial charge in [-0.15, -0.1) is 0 Å². The number of H-pyrrole nitrogens is 1. The molecule has 2 heterocycles. The SMILES string of the molecule is Cn1c(=O)n(CC2CCCCC2C(=O)O)c2[nH]c(=O)ccc21. The third-order valence-electron chi connectivity index (χ3n) is 4.67. The van der Waals surface area contributed by atoms with Crippen LogP contribution in [0.1, 0.15) is 25.7 Å². The maximum absolute atomic E-state index is 12.4. The van der Waals surface area contributed by atoms with Crippen LogP contribution in [0.4, 0.5) is 0 Å². The summed E-state index contributed by atoms with van der Waals surface area (Å²) in [5.74, 6) is -1.31. The molecule has 7 nitrogen and oxygen atoms in total. The number of aromatic amines is 1. The maximum atomic E-state index is 12.4. The van der Waals surface area contributed by atoms with E-state index in [1.54, 1.807) is 13.1 Å². The molecule has 2 aromatic rings. The second kappa shape index (κ2) is 5.47. The zero-order valence-electron chi connectivity index (χ0n) is 12.4. The highest BCUT2D eigenvalue weighted by Crippen LogP contribution is 2.31. The highest BCUT2D eigenvalue weighted by molar-refractivity contribution is 5.72. The van der Waals surface area contributed by atoms with Crippen molar-refractivity contribution < 1.29 is 9.90 Å². The second-order valence-corrected chi connectivity index (χ2v) is 6.00. The van der Waals surface area contributed by atoms with E-state index < -0.39 is 11.9 Å². The summed E-state index contributed by atoms with van der Waals surface area (Å²) in [5, 5.41) is 9.37. The molecule has 118 valence electrons. The predicted octanol–water partition coefficient (Wildman–Crippen LogP) is 0.919. The zero-order valence-corrected chi connectivity index (χ0v) is 12.4. The van der Waals surface area contributed by atoms with E-state index in [1.807, 2.05) is 0 Å². The van der Waals surface area contributed by atoms with Gasteiger partial charge in [-0.2, -0.15) is 0 Å². The van der Waals surface area contributed by atoms with Crippen molar-refractivity contribution >= 4 is 17.1 Å². The largest absolute Gasteiger partial charge is 0.481 e. The fourth-order valence-electron chi connectivity index (χ4n) is 3.47. The first-order chi connectivity index (χ1) is 10.5. The number of aromatic nitrogens is 3. The molecule has 3 rings (SSSR count). The van der Waals surface area contributed by atoms with Crippen molar-refractivity contribution in [2.75, 3.05) is 0 Å². The molecule has 2 aromatic heterocycles. The van der Waals surface area contributed by atoms with Crippen LogP contribution in [0, 0.1) is 11.8 Å². The standard InChI is InChI=1S/C15H19N3O4/c1-17-11-6-7-12(19)16-13(11)18(15(17)22)8-9-4-2-3-5-10(9)14(20)21/h6-7,9-10H,2-5,8H2,1H3,(H,16,19)(H,20,21). The normalized spacial score (nSPS) is 22.0. The minimum absolute atomic E-state index is 0.0849. The predicted molar refractivity (Wildman–Crippen MR) is 80.9 cm³/mol. The Morgan fingerprint density at radius 2 is 2.05 bits per heavy atom. The first-order valence-corrected chi connectivity index (χ1v) is 7.50. The van der Waals surface area contributed by atoms with E-state index in [0.717, 1.165) is 19.3 Å². The Morgan fingerprint density at radius 1 is 1.32 bits per heavy atom. The van der Waals surface area contributed by atoms with E-state index >= 15 is 0 Å². The summed E-state index contributed by atoms with van der Waals surface area (Å²) >= 11 is 0. The number of aryl methyl sites for hydroxylation is 1. The number of rotatable bonds is 3. The first kappa shape index (κ1) is 14.6. The molecule has 22 heavy (non-hydrogen) atoms. The van der Waals surface area contributed by atoms with Crippen LogP contribution in [0.5, 0.6) is 0 Å². The van der Waals surface area contributed by atoms with Crippen molar-refractivity contribution in [3.63, 3.8) is 0 Å². The lowest BCUT2D eigenvalue weighted by atomic mass is 9.79.